The van der Waals surface area contributed by atoms with Crippen molar-refractivity contribution in [2.75, 3.05) is 13.7 Å². The first-order valence-corrected chi connectivity index (χ1v) is 7.23. The van der Waals surface area contributed by atoms with E-state index in [0.29, 0.717) is 11.3 Å². The largest absolute Gasteiger partial charge is 0.507 e. The summed E-state index contributed by atoms with van der Waals surface area (Å²) >= 11 is 0. The Hall–Kier alpha value is -2.25. The highest BCUT2D eigenvalue weighted by molar-refractivity contribution is 5.43. The third-order valence-electron chi connectivity index (χ3n) is 3.57. The van der Waals surface area contributed by atoms with Gasteiger partial charge in [-0.3, -0.25) is 0 Å². The van der Waals surface area contributed by atoms with Crippen LogP contribution in [0.5, 0.6) is 11.5 Å². The number of aliphatic hydroxyl groups excluding tert-OH is 1. The van der Waals surface area contributed by atoms with Gasteiger partial charge in [-0.1, -0.05) is 18.2 Å². The first kappa shape index (κ1) is 18.1. The van der Waals surface area contributed by atoms with Crippen LogP contribution in [0.3, 0.4) is 0 Å². The summed E-state index contributed by atoms with van der Waals surface area (Å²) in [7, 11) is 1.47. The molecular weight excluding hydrogens is 323 g/mol. The average molecular weight is 341 g/mol. The summed E-state index contributed by atoms with van der Waals surface area (Å²) in [5, 5.41) is 22.8. The van der Waals surface area contributed by atoms with E-state index in [9.17, 15) is 23.4 Å². The van der Waals surface area contributed by atoms with Crippen molar-refractivity contribution in [1.29, 1.82) is 0 Å². The van der Waals surface area contributed by atoms with Crippen LogP contribution in [-0.2, 0) is 12.7 Å². The zero-order chi connectivity index (χ0) is 17.7. The van der Waals surface area contributed by atoms with E-state index in [2.05, 4.69) is 5.32 Å². The minimum atomic E-state index is -4.45. The molecule has 3 N–H and O–H groups in total. The summed E-state index contributed by atoms with van der Waals surface area (Å²) < 4.78 is 43.2. The summed E-state index contributed by atoms with van der Waals surface area (Å²) in [5.74, 6) is 0.520. The number of ether oxygens (including phenoxy) is 1. The van der Waals surface area contributed by atoms with Gasteiger partial charge >= 0.3 is 6.18 Å². The van der Waals surface area contributed by atoms with E-state index in [4.69, 9.17) is 4.74 Å². The van der Waals surface area contributed by atoms with Gasteiger partial charge < -0.3 is 20.3 Å². The van der Waals surface area contributed by atoms with Gasteiger partial charge in [0.25, 0.3) is 0 Å². The minimum absolute atomic E-state index is 0.0266. The molecule has 4 nitrogen and oxygen atoms in total. The van der Waals surface area contributed by atoms with Gasteiger partial charge in [-0.05, 0) is 29.8 Å². The Morgan fingerprint density at radius 1 is 1.17 bits per heavy atom. The normalized spacial score (nSPS) is 12.9. The SMILES string of the molecule is COc1cccc(O)c1CNCC(O)c1cccc(C(F)(F)F)c1. The maximum absolute atomic E-state index is 12.7. The van der Waals surface area contributed by atoms with Crippen molar-refractivity contribution in [3.05, 3.63) is 59.2 Å². The molecule has 0 aromatic heterocycles. The molecule has 0 aliphatic carbocycles. The van der Waals surface area contributed by atoms with Crippen LogP contribution >= 0.6 is 0 Å². The van der Waals surface area contributed by atoms with Crippen molar-refractivity contribution in [1.82, 2.24) is 5.32 Å². The van der Waals surface area contributed by atoms with E-state index in [0.717, 1.165) is 12.1 Å². The topological polar surface area (TPSA) is 61.7 Å². The number of hydrogen-bond acceptors (Lipinski definition) is 4. The van der Waals surface area contributed by atoms with Crippen LogP contribution in [0.15, 0.2) is 42.5 Å². The predicted molar refractivity (Wildman–Crippen MR) is 82.8 cm³/mol. The minimum Gasteiger partial charge on any atom is -0.507 e. The van der Waals surface area contributed by atoms with Gasteiger partial charge in [0.15, 0.2) is 0 Å². The average Bonchev–Trinajstić information content (AvgIpc) is 2.55. The molecule has 0 spiro atoms. The maximum atomic E-state index is 12.7. The molecule has 1 unspecified atom stereocenters. The van der Waals surface area contributed by atoms with Crippen molar-refractivity contribution in [3.8, 4) is 11.5 Å². The fourth-order valence-electron chi connectivity index (χ4n) is 2.30. The zero-order valence-corrected chi connectivity index (χ0v) is 13.0. The highest BCUT2D eigenvalue weighted by atomic mass is 19.4. The van der Waals surface area contributed by atoms with Crippen molar-refractivity contribution >= 4 is 0 Å². The molecular formula is C17H18F3NO3. The van der Waals surface area contributed by atoms with Crippen molar-refractivity contribution < 1.29 is 28.1 Å². The molecule has 1 atom stereocenters. The Bertz CT molecular complexity index is 689. The van der Waals surface area contributed by atoms with Crippen molar-refractivity contribution in [2.24, 2.45) is 0 Å². The molecule has 24 heavy (non-hydrogen) atoms. The first-order valence-electron chi connectivity index (χ1n) is 7.23. The first-order chi connectivity index (χ1) is 11.3. The van der Waals surface area contributed by atoms with Crippen LogP contribution in [-0.4, -0.2) is 23.9 Å². The second kappa shape index (κ2) is 7.55. The molecule has 0 bridgehead atoms. The Morgan fingerprint density at radius 3 is 2.54 bits per heavy atom. The fraction of sp³-hybridized carbons (Fsp3) is 0.294. The number of nitrogens with one attached hydrogen (secondary N) is 1. The third kappa shape index (κ3) is 4.39. The number of benzene rings is 2. The molecule has 0 amide bonds. The van der Waals surface area contributed by atoms with E-state index < -0.39 is 17.8 Å². The van der Waals surface area contributed by atoms with Crippen LogP contribution in [0, 0.1) is 0 Å². The van der Waals surface area contributed by atoms with Crippen molar-refractivity contribution in [3.63, 3.8) is 0 Å². The number of halogens is 3. The third-order valence-corrected chi connectivity index (χ3v) is 3.57. The van der Waals surface area contributed by atoms with Crippen LogP contribution in [0.25, 0.3) is 0 Å². The zero-order valence-electron chi connectivity index (χ0n) is 13.0. The smallest absolute Gasteiger partial charge is 0.416 e. The Morgan fingerprint density at radius 2 is 1.88 bits per heavy atom. The molecule has 0 saturated heterocycles. The van der Waals surface area contributed by atoms with Crippen LogP contribution in [0.4, 0.5) is 13.2 Å². The molecule has 2 aromatic carbocycles. The molecule has 0 saturated carbocycles. The summed E-state index contributed by atoms with van der Waals surface area (Å²) in [4.78, 5) is 0. The molecule has 0 aliphatic rings. The van der Waals surface area contributed by atoms with E-state index >= 15 is 0 Å². The lowest BCUT2D eigenvalue weighted by Crippen LogP contribution is -2.21. The van der Waals surface area contributed by atoms with Gasteiger partial charge in [-0.25, -0.2) is 0 Å². The quantitative estimate of drug-likeness (QED) is 0.755. The van der Waals surface area contributed by atoms with Gasteiger partial charge in [0.05, 0.1) is 18.8 Å². The highest BCUT2D eigenvalue weighted by Crippen LogP contribution is 2.31. The van der Waals surface area contributed by atoms with Gasteiger partial charge in [0, 0.05) is 18.7 Å². The lowest BCUT2D eigenvalue weighted by molar-refractivity contribution is -0.137. The number of methoxy groups -OCH3 is 1. The van der Waals surface area contributed by atoms with Gasteiger partial charge in [-0.15, -0.1) is 0 Å². The van der Waals surface area contributed by atoms with Gasteiger partial charge in [0.1, 0.15) is 11.5 Å². The number of aromatic hydroxyl groups is 1. The molecule has 7 heteroatoms. The number of hydrogen-bond donors (Lipinski definition) is 3. The predicted octanol–water partition coefficient (Wildman–Crippen LogP) is 3.24. The molecule has 2 rings (SSSR count). The highest BCUT2D eigenvalue weighted by Gasteiger charge is 2.30. The summed E-state index contributed by atoms with van der Waals surface area (Å²) in [6.45, 7) is 0.227. The monoisotopic (exact) mass is 341 g/mol. The van der Waals surface area contributed by atoms with E-state index in [-0.39, 0.29) is 24.4 Å². The number of phenolic OH excluding ortho intramolecular Hbond substituents is 1. The maximum Gasteiger partial charge on any atom is 0.416 e. The Kier molecular flexibility index (Phi) is 5.69. The van der Waals surface area contributed by atoms with E-state index in [1.165, 1.54) is 25.3 Å². The van der Waals surface area contributed by atoms with E-state index in [1.807, 2.05) is 0 Å². The van der Waals surface area contributed by atoms with Gasteiger partial charge in [0.2, 0.25) is 0 Å². The summed E-state index contributed by atoms with van der Waals surface area (Å²) in [5.41, 5.74) is -0.126. The molecule has 2 aromatic rings. The number of phenols is 1. The Labute approximate surface area is 137 Å². The van der Waals surface area contributed by atoms with E-state index in [1.54, 1.807) is 12.1 Å². The standard InChI is InChI=1S/C17H18F3NO3/c1-24-16-7-3-6-14(22)13(16)9-21-10-15(23)11-4-2-5-12(8-11)17(18,19)20/h2-8,15,21-23H,9-10H2,1H3. The molecule has 0 heterocycles. The van der Waals surface area contributed by atoms with Crippen LogP contribution < -0.4 is 10.1 Å². The molecule has 0 aliphatic heterocycles. The van der Waals surface area contributed by atoms with Crippen LogP contribution in [0.2, 0.25) is 0 Å². The lowest BCUT2D eigenvalue weighted by Gasteiger charge is -2.16. The summed E-state index contributed by atoms with van der Waals surface area (Å²) in [6.07, 6.45) is -5.56. The van der Waals surface area contributed by atoms with Crippen molar-refractivity contribution in [2.45, 2.75) is 18.8 Å². The Balaban J connectivity index is 2.01. The molecule has 0 radical (unpaired) electrons. The second-order valence-electron chi connectivity index (χ2n) is 5.23. The summed E-state index contributed by atoms with van der Waals surface area (Å²) in [6, 6.07) is 9.39. The number of rotatable bonds is 6. The van der Waals surface area contributed by atoms with Crippen LogP contribution in [0.1, 0.15) is 22.8 Å². The molecule has 130 valence electrons. The fourth-order valence-corrected chi connectivity index (χ4v) is 2.30. The van der Waals surface area contributed by atoms with Gasteiger partial charge in [-0.2, -0.15) is 13.2 Å². The number of alkyl halides is 3. The second-order valence-corrected chi connectivity index (χ2v) is 5.23. The lowest BCUT2D eigenvalue weighted by atomic mass is 10.1. The number of aliphatic hydroxyl groups is 1. The molecule has 0 fully saturated rings.